The highest BCUT2D eigenvalue weighted by molar-refractivity contribution is 5.95. The molecule has 0 fully saturated rings. The van der Waals surface area contributed by atoms with E-state index in [-0.39, 0.29) is 6.04 Å². The molecule has 1 N–H and O–H groups in total. The Balaban J connectivity index is 2.37. The van der Waals surface area contributed by atoms with E-state index in [1.807, 2.05) is 25.1 Å². The fourth-order valence-corrected chi connectivity index (χ4v) is 2.46. The molecule has 0 bridgehead atoms. The molecule has 1 unspecified atom stereocenters. The molecule has 6 nitrogen and oxygen atoms in total. The third kappa shape index (κ3) is 4.43. The highest BCUT2D eigenvalue weighted by Gasteiger charge is 2.16. The molecule has 0 aliphatic heterocycles. The van der Waals surface area contributed by atoms with E-state index in [0.717, 1.165) is 34.2 Å². The van der Waals surface area contributed by atoms with Crippen LogP contribution in [0.2, 0.25) is 0 Å². The smallest absolute Gasteiger partial charge is 0.142 e. The van der Waals surface area contributed by atoms with E-state index in [9.17, 15) is 4.79 Å². The lowest BCUT2D eigenvalue weighted by atomic mass is 10.1. The van der Waals surface area contributed by atoms with Crippen LogP contribution in [0, 0.1) is 6.92 Å². The van der Waals surface area contributed by atoms with Crippen LogP contribution in [-0.2, 0) is 14.3 Å². The Kier molecular flexibility index (Phi) is 6.96. The van der Waals surface area contributed by atoms with Crippen molar-refractivity contribution in [3.63, 3.8) is 0 Å². The molecule has 0 aliphatic rings. The summed E-state index contributed by atoms with van der Waals surface area (Å²) in [6.45, 7) is 3.43. The molecule has 0 radical (unpaired) electrons. The lowest BCUT2D eigenvalue weighted by Gasteiger charge is -2.20. The van der Waals surface area contributed by atoms with Gasteiger partial charge in [0.25, 0.3) is 0 Å². The highest BCUT2D eigenvalue weighted by atomic mass is 16.5. The number of ether oxygens (including phenoxy) is 3. The summed E-state index contributed by atoms with van der Waals surface area (Å²) < 4.78 is 15.9. The second-order valence-corrected chi connectivity index (χ2v) is 5.46. The van der Waals surface area contributed by atoms with Crippen LogP contribution in [0.4, 0.5) is 5.69 Å². The lowest BCUT2D eigenvalue weighted by Crippen LogP contribution is -2.23. The molecule has 0 aliphatic carbocycles. The minimum absolute atomic E-state index is 0.344. The van der Waals surface area contributed by atoms with Crippen LogP contribution >= 0.6 is 0 Å². The number of pyridine rings is 1. The van der Waals surface area contributed by atoms with Gasteiger partial charge in [0.05, 0.1) is 23.9 Å². The average molecular weight is 332 g/mol. The number of anilines is 1. The molecule has 130 valence electrons. The zero-order chi connectivity index (χ0) is 17.4. The van der Waals surface area contributed by atoms with Gasteiger partial charge in [-0.1, -0.05) is 6.07 Å². The zero-order valence-corrected chi connectivity index (χ0v) is 14.4. The van der Waals surface area contributed by atoms with Crippen molar-refractivity contribution in [2.24, 2.45) is 0 Å². The van der Waals surface area contributed by atoms with Gasteiger partial charge in [-0.25, -0.2) is 0 Å². The molecule has 0 saturated heterocycles. The van der Waals surface area contributed by atoms with Gasteiger partial charge in [0.1, 0.15) is 18.6 Å². The summed E-state index contributed by atoms with van der Waals surface area (Å²) in [5, 5.41) is 4.24. The standard InChI is InChI=1S/C18H24N2O4/c1-13-16(24-10-9-23-3)11-14-5-4-7-19-18(14)17(13)20-15(12-21)6-8-22-2/h4-5,7,11-12,15,20H,6,8-10H2,1-3H3. The average Bonchev–Trinajstić information content (AvgIpc) is 2.61. The van der Waals surface area contributed by atoms with Crippen molar-refractivity contribution >= 4 is 22.9 Å². The largest absolute Gasteiger partial charge is 0.491 e. The van der Waals surface area contributed by atoms with Crippen molar-refractivity contribution in [2.45, 2.75) is 19.4 Å². The number of hydrogen-bond acceptors (Lipinski definition) is 6. The molecule has 0 spiro atoms. The van der Waals surface area contributed by atoms with Crippen LogP contribution in [0.25, 0.3) is 10.9 Å². The fourth-order valence-electron chi connectivity index (χ4n) is 2.46. The molecule has 2 aromatic rings. The summed E-state index contributed by atoms with van der Waals surface area (Å²) in [5.74, 6) is 0.756. The first-order valence-corrected chi connectivity index (χ1v) is 7.92. The van der Waals surface area contributed by atoms with Gasteiger partial charge >= 0.3 is 0 Å². The van der Waals surface area contributed by atoms with Gasteiger partial charge in [-0.2, -0.15) is 0 Å². The first-order chi connectivity index (χ1) is 11.7. The van der Waals surface area contributed by atoms with E-state index in [4.69, 9.17) is 14.2 Å². The number of rotatable bonds is 10. The summed E-state index contributed by atoms with van der Waals surface area (Å²) >= 11 is 0. The van der Waals surface area contributed by atoms with Crippen LogP contribution in [0.15, 0.2) is 24.4 Å². The van der Waals surface area contributed by atoms with E-state index in [0.29, 0.717) is 26.2 Å². The predicted molar refractivity (Wildman–Crippen MR) is 93.8 cm³/mol. The number of methoxy groups -OCH3 is 2. The molecule has 6 heteroatoms. The second-order valence-electron chi connectivity index (χ2n) is 5.46. The van der Waals surface area contributed by atoms with Crippen molar-refractivity contribution in [2.75, 3.05) is 39.4 Å². The fraction of sp³-hybridized carbons (Fsp3) is 0.444. The molecule has 1 atom stereocenters. The number of carbonyl (C=O) groups is 1. The van der Waals surface area contributed by atoms with E-state index in [1.165, 1.54) is 0 Å². The number of nitrogens with one attached hydrogen (secondary N) is 1. The summed E-state index contributed by atoms with van der Waals surface area (Å²) in [5.41, 5.74) is 2.55. The van der Waals surface area contributed by atoms with Crippen molar-refractivity contribution in [1.82, 2.24) is 4.98 Å². The minimum atomic E-state index is -0.344. The molecular formula is C18H24N2O4. The minimum Gasteiger partial charge on any atom is -0.491 e. The number of benzene rings is 1. The van der Waals surface area contributed by atoms with Gasteiger partial charge < -0.3 is 24.3 Å². The van der Waals surface area contributed by atoms with Gasteiger partial charge in [0.15, 0.2) is 0 Å². The Morgan fingerprint density at radius 3 is 2.75 bits per heavy atom. The van der Waals surface area contributed by atoms with Gasteiger partial charge in [0, 0.05) is 38.0 Å². The molecule has 2 rings (SSSR count). The Hall–Kier alpha value is -2.18. The molecule has 1 aromatic heterocycles. The Labute approximate surface area is 142 Å². The third-order valence-corrected chi connectivity index (χ3v) is 3.78. The maximum Gasteiger partial charge on any atom is 0.142 e. The van der Waals surface area contributed by atoms with Crippen molar-refractivity contribution < 1.29 is 19.0 Å². The van der Waals surface area contributed by atoms with Gasteiger partial charge in [0.2, 0.25) is 0 Å². The monoisotopic (exact) mass is 332 g/mol. The van der Waals surface area contributed by atoms with Crippen molar-refractivity contribution in [3.05, 3.63) is 30.0 Å². The van der Waals surface area contributed by atoms with E-state index in [1.54, 1.807) is 20.4 Å². The van der Waals surface area contributed by atoms with E-state index in [2.05, 4.69) is 10.3 Å². The molecule has 1 heterocycles. The maximum atomic E-state index is 11.4. The number of aldehydes is 1. The number of nitrogens with zero attached hydrogens (tertiary/aromatic N) is 1. The Morgan fingerprint density at radius 2 is 2.04 bits per heavy atom. The first-order valence-electron chi connectivity index (χ1n) is 7.92. The molecule has 1 aromatic carbocycles. The third-order valence-electron chi connectivity index (χ3n) is 3.78. The van der Waals surface area contributed by atoms with Crippen LogP contribution in [0.3, 0.4) is 0 Å². The first kappa shape index (κ1) is 18.2. The van der Waals surface area contributed by atoms with E-state index < -0.39 is 0 Å². The van der Waals surface area contributed by atoms with Crippen molar-refractivity contribution in [3.8, 4) is 5.75 Å². The number of carbonyl (C=O) groups excluding carboxylic acids is 1. The summed E-state index contributed by atoms with van der Waals surface area (Å²) in [4.78, 5) is 15.8. The summed E-state index contributed by atoms with van der Waals surface area (Å²) in [6, 6.07) is 5.47. The molecular weight excluding hydrogens is 308 g/mol. The second kappa shape index (κ2) is 9.20. The number of fused-ring (bicyclic) bond motifs is 1. The Morgan fingerprint density at radius 1 is 1.25 bits per heavy atom. The van der Waals surface area contributed by atoms with Crippen LogP contribution in [0.5, 0.6) is 5.75 Å². The zero-order valence-electron chi connectivity index (χ0n) is 14.4. The quantitative estimate of drug-likeness (QED) is 0.533. The summed E-state index contributed by atoms with van der Waals surface area (Å²) in [7, 11) is 3.26. The molecule has 24 heavy (non-hydrogen) atoms. The predicted octanol–water partition coefficient (Wildman–Crippen LogP) is 2.58. The molecule has 0 saturated carbocycles. The number of hydrogen-bond donors (Lipinski definition) is 1. The van der Waals surface area contributed by atoms with Crippen LogP contribution in [0.1, 0.15) is 12.0 Å². The Bertz CT molecular complexity index is 675. The highest BCUT2D eigenvalue weighted by Crippen LogP contribution is 2.34. The van der Waals surface area contributed by atoms with Gasteiger partial charge in [-0.15, -0.1) is 0 Å². The summed E-state index contributed by atoms with van der Waals surface area (Å²) in [6.07, 6.45) is 3.22. The lowest BCUT2D eigenvalue weighted by molar-refractivity contribution is -0.108. The van der Waals surface area contributed by atoms with Gasteiger partial charge in [-0.05, 0) is 25.5 Å². The van der Waals surface area contributed by atoms with E-state index >= 15 is 0 Å². The number of aromatic nitrogens is 1. The topological polar surface area (TPSA) is 69.7 Å². The van der Waals surface area contributed by atoms with Crippen LogP contribution < -0.4 is 10.1 Å². The maximum absolute atomic E-state index is 11.4. The van der Waals surface area contributed by atoms with Crippen molar-refractivity contribution in [1.29, 1.82) is 0 Å². The SMILES string of the molecule is COCCOc1cc2cccnc2c(NC(C=O)CCOC)c1C. The van der Waals surface area contributed by atoms with Gasteiger partial charge in [-0.3, -0.25) is 4.98 Å². The van der Waals surface area contributed by atoms with Crippen LogP contribution in [-0.4, -0.2) is 51.4 Å². The normalized spacial score (nSPS) is 12.1. The molecule has 0 amide bonds.